The lowest BCUT2D eigenvalue weighted by Gasteiger charge is -2.01. The van der Waals surface area contributed by atoms with Crippen molar-refractivity contribution in [2.45, 2.75) is 6.92 Å². The van der Waals surface area contributed by atoms with Gasteiger partial charge in [0.25, 0.3) is 0 Å². The van der Waals surface area contributed by atoms with E-state index in [0.717, 1.165) is 5.56 Å². The maximum Gasteiger partial charge on any atom is 0.140 e. The van der Waals surface area contributed by atoms with E-state index in [4.69, 9.17) is 11.3 Å². The van der Waals surface area contributed by atoms with Gasteiger partial charge in [-0.25, -0.2) is 4.39 Å². The minimum Gasteiger partial charge on any atom is -0.398 e. The first kappa shape index (κ1) is 10.9. The van der Waals surface area contributed by atoms with E-state index in [-0.39, 0.29) is 12.1 Å². The first-order valence-corrected chi connectivity index (χ1v) is 4.20. The van der Waals surface area contributed by atoms with Crippen molar-refractivity contribution in [1.82, 2.24) is 0 Å². The highest BCUT2D eigenvalue weighted by Gasteiger charge is 2.02. The van der Waals surface area contributed by atoms with E-state index in [9.17, 15) is 4.39 Å². The molecular formula is C10H9FN4. The molecule has 0 aliphatic rings. The van der Waals surface area contributed by atoms with Gasteiger partial charge in [-0.15, -0.1) is 0 Å². The summed E-state index contributed by atoms with van der Waals surface area (Å²) in [4.78, 5) is 2.53. The summed E-state index contributed by atoms with van der Waals surface area (Å²) in [6.45, 7) is 1.80. The number of hydrogen-bond acceptors (Lipinski definition) is 2. The van der Waals surface area contributed by atoms with Gasteiger partial charge in [-0.2, -0.15) is 0 Å². The van der Waals surface area contributed by atoms with Crippen LogP contribution in [0.2, 0.25) is 0 Å². The van der Waals surface area contributed by atoms with Gasteiger partial charge in [0.05, 0.1) is 12.1 Å². The molecule has 0 atom stereocenters. The molecule has 0 saturated carbocycles. The van der Waals surface area contributed by atoms with Crippen molar-refractivity contribution in [2.24, 2.45) is 5.11 Å². The molecule has 0 aliphatic carbocycles. The monoisotopic (exact) mass is 204 g/mol. The minimum absolute atomic E-state index is 0.0271. The van der Waals surface area contributed by atoms with Gasteiger partial charge < -0.3 is 5.73 Å². The Labute approximate surface area is 86.5 Å². The normalized spacial score (nSPS) is 8.67. The average molecular weight is 204 g/mol. The Hall–Kier alpha value is -2.18. The Morgan fingerprint density at radius 3 is 3.00 bits per heavy atom. The highest BCUT2D eigenvalue weighted by Crippen LogP contribution is 2.15. The van der Waals surface area contributed by atoms with Gasteiger partial charge in [-0.05, 0) is 30.2 Å². The molecule has 0 saturated heterocycles. The van der Waals surface area contributed by atoms with Gasteiger partial charge in [-0.1, -0.05) is 17.0 Å². The molecule has 1 rings (SSSR count). The zero-order chi connectivity index (χ0) is 11.3. The molecule has 15 heavy (non-hydrogen) atoms. The fourth-order valence-electron chi connectivity index (χ4n) is 0.994. The van der Waals surface area contributed by atoms with E-state index >= 15 is 0 Å². The number of nitrogens with zero attached hydrogens (tertiary/aromatic N) is 3. The van der Waals surface area contributed by atoms with Crippen LogP contribution in [-0.2, 0) is 0 Å². The molecule has 0 radical (unpaired) electrons. The molecule has 0 spiro atoms. The molecule has 0 aliphatic heterocycles. The smallest absolute Gasteiger partial charge is 0.140 e. The van der Waals surface area contributed by atoms with Crippen LogP contribution in [0.15, 0.2) is 17.2 Å². The predicted molar refractivity (Wildman–Crippen MR) is 56.4 cm³/mol. The largest absolute Gasteiger partial charge is 0.398 e. The van der Waals surface area contributed by atoms with E-state index in [1.807, 2.05) is 0 Å². The lowest BCUT2D eigenvalue weighted by atomic mass is 10.1. The second-order valence-corrected chi connectivity index (χ2v) is 2.88. The van der Waals surface area contributed by atoms with Crippen LogP contribution in [0, 0.1) is 24.6 Å². The van der Waals surface area contributed by atoms with Crippen LogP contribution in [0.5, 0.6) is 0 Å². The topological polar surface area (TPSA) is 74.8 Å². The molecule has 1 aromatic rings. The molecule has 1 aromatic carbocycles. The molecule has 76 valence electrons. The Balaban J connectivity index is 2.98. The van der Waals surface area contributed by atoms with Crippen LogP contribution in [0.25, 0.3) is 10.4 Å². The van der Waals surface area contributed by atoms with Gasteiger partial charge in [0.15, 0.2) is 0 Å². The van der Waals surface area contributed by atoms with Crippen molar-refractivity contribution < 1.29 is 4.39 Å². The number of rotatable bonds is 1. The highest BCUT2D eigenvalue weighted by molar-refractivity contribution is 5.52. The minimum atomic E-state index is -0.466. The standard InChI is InChI=1S/C10H9FN4/c1-7-5-8(3-2-4-14-15-13)9(11)6-10(7)12/h5-6H,4,12H2,1H3. The molecule has 4 nitrogen and oxygen atoms in total. The Bertz CT molecular complexity index is 478. The summed E-state index contributed by atoms with van der Waals surface area (Å²) in [5, 5.41) is 3.22. The van der Waals surface area contributed by atoms with E-state index < -0.39 is 5.82 Å². The Morgan fingerprint density at radius 1 is 1.60 bits per heavy atom. The third-order valence-electron chi connectivity index (χ3n) is 1.79. The lowest BCUT2D eigenvalue weighted by Crippen LogP contribution is -1.93. The van der Waals surface area contributed by atoms with Crippen LogP contribution in [0.4, 0.5) is 10.1 Å². The highest BCUT2D eigenvalue weighted by atomic mass is 19.1. The van der Waals surface area contributed by atoms with E-state index in [1.54, 1.807) is 13.0 Å². The molecule has 5 heteroatoms. The second-order valence-electron chi connectivity index (χ2n) is 2.88. The average Bonchev–Trinajstić information content (AvgIpc) is 2.20. The SMILES string of the molecule is Cc1cc(C#CCN=[N+]=[N-])c(F)cc1N. The molecule has 0 heterocycles. The summed E-state index contributed by atoms with van der Waals surface area (Å²) in [6.07, 6.45) is 0. The molecule has 0 fully saturated rings. The summed E-state index contributed by atoms with van der Waals surface area (Å²) in [5.41, 5.74) is 14.9. The van der Waals surface area contributed by atoms with E-state index in [0.29, 0.717) is 5.69 Å². The predicted octanol–water partition coefficient (Wildman–Crippen LogP) is 2.38. The van der Waals surface area contributed by atoms with Crippen molar-refractivity contribution >= 4 is 5.69 Å². The molecule has 0 aromatic heterocycles. The molecule has 2 N–H and O–H groups in total. The van der Waals surface area contributed by atoms with Crippen LogP contribution < -0.4 is 5.73 Å². The summed E-state index contributed by atoms with van der Waals surface area (Å²) >= 11 is 0. The van der Waals surface area contributed by atoms with Crippen LogP contribution >= 0.6 is 0 Å². The van der Waals surface area contributed by atoms with Crippen molar-refractivity contribution in [3.05, 3.63) is 39.5 Å². The fourth-order valence-corrected chi connectivity index (χ4v) is 0.994. The van der Waals surface area contributed by atoms with Crippen molar-refractivity contribution in [3.63, 3.8) is 0 Å². The van der Waals surface area contributed by atoms with E-state index in [2.05, 4.69) is 21.9 Å². The van der Waals surface area contributed by atoms with Crippen molar-refractivity contribution in [3.8, 4) is 11.8 Å². The first-order valence-electron chi connectivity index (χ1n) is 4.20. The Kier molecular flexibility index (Phi) is 3.55. The number of anilines is 1. The van der Waals surface area contributed by atoms with Crippen molar-refractivity contribution in [2.75, 3.05) is 12.3 Å². The summed E-state index contributed by atoms with van der Waals surface area (Å²) in [5.74, 6) is 4.64. The quantitative estimate of drug-likeness (QED) is 0.246. The maximum atomic E-state index is 13.3. The van der Waals surface area contributed by atoms with Crippen LogP contribution in [0.3, 0.4) is 0 Å². The second kappa shape index (κ2) is 4.89. The van der Waals surface area contributed by atoms with Gasteiger partial charge in [0, 0.05) is 10.6 Å². The van der Waals surface area contributed by atoms with Crippen LogP contribution in [-0.4, -0.2) is 6.54 Å². The number of azide groups is 1. The third-order valence-corrected chi connectivity index (χ3v) is 1.79. The van der Waals surface area contributed by atoms with E-state index in [1.165, 1.54) is 6.07 Å². The van der Waals surface area contributed by atoms with Gasteiger partial charge in [0.1, 0.15) is 5.82 Å². The summed E-state index contributed by atoms with van der Waals surface area (Å²) < 4.78 is 13.3. The van der Waals surface area contributed by atoms with Gasteiger partial charge in [0.2, 0.25) is 0 Å². The number of nitrogens with two attached hydrogens (primary N) is 1. The number of hydrogen-bond donors (Lipinski definition) is 1. The van der Waals surface area contributed by atoms with Gasteiger partial charge >= 0.3 is 0 Å². The number of halogens is 1. The maximum absolute atomic E-state index is 13.3. The zero-order valence-corrected chi connectivity index (χ0v) is 8.16. The van der Waals surface area contributed by atoms with Crippen molar-refractivity contribution in [1.29, 1.82) is 0 Å². The Morgan fingerprint density at radius 2 is 2.33 bits per heavy atom. The van der Waals surface area contributed by atoms with Crippen LogP contribution in [0.1, 0.15) is 11.1 Å². The van der Waals surface area contributed by atoms with Gasteiger partial charge in [-0.3, -0.25) is 0 Å². The fraction of sp³-hybridized carbons (Fsp3) is 0.200. The number of benzene rings is 1. The molecular weight excluding hydrogens is 195 g/mol. The molecule has 0 amide bonds. The molecule has 0 bridgehead atoms. The lowest BCUT2D eigenvalue weighted by molar-refractivity contribution is 0.624. The zero-order valence-electron chi connectivity index (χ0n) is 8.16. The first-order chi connectivity index (χ1) is 7.15. The summed E-state index contributed by atoms with van der Waals surface area (Å²) in [7, 11) is 0. The molecule has 0 unspecified atom stereocenters. The summed E-state index contributed by atoms with van der Waals surface area (Å²) in [6, 6.07) is 2.79. The number of nitrogen functional groups attached to an aromatic ring is 1. The number of aryl methyl sites for hydroxylation is 1. The third kappa shape index (κ3) is 2.90.